The molecule has 220 valence electrons. The van der Waals surface area contributed by atoms with E-state index in [-0.39, 0.29) is 42.8 Å². The van der Waals surface area contributed by atoms with Crippen molar-refractivity contribution in [1.82, 2.24) is 24.6 Å². The van der Waals surface area contributed by atoms with Gasteiger partial charge in [0.15, 0.2) is 0 Å². The number of fused-ring (bicyclic) bond motifs is 1. The number of hydrogen-bond donors (Lipinski definition) is 5. The molecule has 42 heavy (non-hydrogen) atoms. The highest BCUT2D eigenvalue weighted by Crippen LogP contribution is 2.41. The fourth-order valence-electron chi connectivity index (χ4n) is 4.57. The van der Waals surface area contributed by atoms with Crippen molar-refractivity contribution in [2.24, 2.45) is 0 Å². The van der Waals surface area contributed by atoms with Gasteiger partial charge >= 0.3 is 13.8 Å². The maximum Gasteiger partial charge on any atom is 0.421 e. The molecule has 12 nitrogen and oxygen atoms in total. The zero-order chi connectivity index (χ0) is 30.2. The number of alkyl halides is 3. The largest absolute Gasteiger partial charge is 0.421 e. The minimum atomic E-state index is -4.81. The molecule has 5 rings (SSSR count). The van der Waals surface area contributed by atoms with Gasteiger partial charge in [-0.25, -0.2) is 4.98 Å². The van der Waals surface area contributed by atoms with Gasteiger partial charge in [0.05, 0.1) is 36.3 Å². The summed E-state index contributed by atoms with van der Waals surface area (Å²) in [4.78, 5) is 40.7. The number of anilines is 4. The van der Waals surface area contributed by atoms with Crippen molar-refractivity contribution >= 4 is 36.6 Å². The zero-order valence-electron chi connectivity index (χ0n) is 22.0. The lowest BCUT2D eigenvalue weighted by Gasteiger charge is -2.17. The number of rotatable bonds is 9. The molecule has 16 heteroatoms. The fraction of sp³-hybridized carbons (Fsp3) is 0.231. The second-order valence-corrected chi connectivity index (χ2v) is 11.2. The second-order valence-electron chi connectivity index (χ2n) is 9.59. The van der Waals surface area contributed by atoms with Gasteiger partial charge in [0.25, 0.3) is 5.91 Å². The molecule has 1 amide bonds. The van der Waals surface area contributed by atoms with Gasteiger partial charge in [-0.1, -0.05) is 18.2 Å². The third-order valence-electron chi connectivity index (χ3n) is 6.46. The normalized spacial score (nSPS) is 13.4. The van der Waals surface area contributed by atoms with Crippen LogP contribution < -0.4 is 10.6 Å². The van der Waals surface area contributed by atoms with Crippen LogP contribution in [0.2, 0.25) is 0 Å². The van der Waals surface area contributed by atoms with Gasteiger partial charge in [-0.3, -0.25) is 14.0 Å². The Hall–Kier alpha value is -4.30. The van der Waals surface area contributed by atoms with E-state index in [0.717, 1.165) is 0 Å². The summed E-state index contributed by atoms with van der Waals surface area (Å²) >= 11 is 0. The number of benzene rings is 2. The molecule has 0 saturated carbocycles. The lowest BCUT2D eigenvalue weighted by Crippen LogP contribution is -2.18. The summed E-state index contributed by atoms with van der Waals surface area (Å²) in [6, 6.07) is 10.8. The van der Waals surface area contributed by atoms with Crippen LogP contribution in [-0.4, -0.2) is 59.1 Å². The van der Waals surface area contributed by atoms with E-state index in [1.807, 2.05) is 0 Å². The van der Waals surface area contributed by atoms with Crippen LogP contribution in [0, 0.1) is 0 Å². The summed E-state index contributed by atoms with van der Waals surface area (Å²) in [5.41, 5.74) is 1.67. The maximum atomic E-state index is 13.9. The van der Waals surface area contributed by atoms with Crippen LogP contribution in [0.5, 0.6) is 0 Å². The first-order valence-electron chi connectivity index (χ1n) is 12.5. The smallest absolute Gasteiger partial charge is 0.394 e. The highest BCUT2D eigenvalue weighted by atomic mass is 31.2. The van der Waals surface area contributed by atoms with E-state index in [1.165, 1.54) is 35.2 Å². The van der Waals surface area contributed by atoms with Gasteiger partial charge in [-0.15, -0.1) is 0 Å². The standard InChI is InChI=1S/C26H25F3N7O5P/c1-35-13-18-17(20-8-9-36(34-20)10-11-37)6-7-21(22(18)24(35)38)32-23-19(26(27,28)29)12-30-25(33-23)31-16-4-2-15(3-5-16)14-42(39,40)41/h2-9,12,37H,10-11,13-14H2,1H3,(H2,39,40,41)(H2,30,31,32,33). The number of carbonyl (C=O) groups excluding carboxylic acids is 1. The number of amides is 1. The summed E-state index contributed by atoms with van der Waals surface area (Å²) in [5, 5.41) is 19.1. The van der Waals surface area contributed by atoms with E-state index < -0.39 is 31.3 Å². The molecule has 0 bridgehead atoms. The summed E-state index contributed by atoms with van der Waals surface area (Å²) in [7, 11) is -2.69. The van der Waals surface area contributed by atoms with Crippen molar-refractivity contribution in [3.8, 4) is 11.3 Å². The van der Waals surface area contributed by atoms with Crippen molar-refractivity contribution in [3.63, 3.8) is 0 Å². The number of nitrogens with zero attached hydrogens (tertiary/aromatic N) is 5. The van der Waals surface area contributed by atoms with E-state index in [9.17, 15) is 27.6 Å². The number of carbonyl (C=O) groups is 1. The van der Waals surface area contributed by atoms with Gasteiger partial charge in [-0.05, 0) is 35.4 Å². The molecule has 3 heterocycles. The highest BCUT2D eigenvalue weighted by molar-refractivity contribution is 7.50. The van der Waals surface area contributed by atoms with E-state index in [1.54, 1.807) is 30.1 Å². The third kappa shape index (κ3) is 6.29. The number of aliphatic hydroxyl groups is 1. The first-order valence-corrected chi connectivity index (χ1v) is 14.3. The minimum Gasteiger partial charge on any atom is -0.394 e. The Kier molecular flexibility index (Phi) is 7.77. The van der Waals surface area contributed by atoms with Crippen LogP contribution >= 0.6 is 7.60 Å². The van der Waals surface area contributed by atoms with Crippen LogP contribution in [0.1, 0.15) is 27.0 Å². The van der Waals surface area contributed by atoms with Crippen molar-refractivity contribution in [3.05, 3.63) is 77.1 Å². The van der Waals surface area contributed by atoms with Crippen molar-refractivity contribution in [1.29, 1.82) is 0 Å². The molecule has 2 aromatic carbocycles. The van der Waals surface area contributed by atoms with Gasteiger partial charge in [0.1, 0.15) is 11.4 Å². The lowest BCUT2D eigenvalue weighted by atomic mass is 9.99. The molecule has 0 fully saturated rings. The molecule has 0 radical (unpaired) electrons. The quantitative estimate of drug-likeness (QED) is 0.176. The Morgan fingerprint density at radius 3 is 2.48 bits per heavy atom. The zero-order valence-corrected chi connectivity index (χ0v) is 22.9. The molecule has 0 atom stereocenters. The molecule has 1 aliphatic rings. The topological polar surface area (TPSA) is 166 Å². The van der Waals surface area contributed by atoms with Crippen LogP contribution in [-0.2, 0) is 30.0 Å². The average molecular weight is 603 g/mol. The molecule has 0 spiro atoms. The van der Waals surface area contributed by atoms with Gasteiger partial charge in [0, 0.05) is 37.2 Å². The van der Waals surface area contributed by atoms with E-state index in [4.69, 9.17) is 9.79 Å². The van der Waals surface area contributed by atoms with Gasteiger partial charge in [0.2, 0.25) is 5.95 Å². The minimum absolute atomic E-state index is 0.109. The summed E-state index contributed by atoms with van der Waals surface area (Å²) in [6.45, 7) is 0.387. The van der Waals surface area contributed by atoms with Gasteiger partial charge in [-0.2, -0.15) is 23.3 Å². The van der Waals surface area contributed by atoms with Crippen LogP contribution in [0.4, 0.5) is 36.3 Å². The molecule has 4 aromatic rings. The summed E-state index contributed by atoms with van der Waals surface area (Å²) in [6.07, 6.45) is -2.97. The molecular formula is C26H25F3N7O5P. The molecule has 1 aliphatic heterocycles. The van der Waals surface area contributed by atoms with Crippen molar-refractivity contribution in [2.75, 3.05) is 24.3 Å². The monoisotopic (exact) mass is 603 g/mol. The molecule has 0 unspecified atom stereocenters. The maximum absolute atomic E-state index is 13.9. The molecular weight excluding hydrogens is 578 g/mol. The van der Waals surface area contributed by atoms with Crippen LogP contribution in [0.25, 0.3) is 11.3 Å². The molecule has 0 saturated heterocycles. The summed E-state index contributed by atoms with van der Waals surface area (Å²) in [5.74, 6) is -1.15. The Balaban J connectivity index is 1.49. The van der Waals surface area contributed by atoms with E-state index >= 15 is 0 Å². The predicted molar refractivity (Wildman–Crippen MR) is 146 cm³/mol. The average Bonchev–Trinajstić information content (AvgIpc) is 3.48. The molecule has 0 aliphatic carbocycles. The summed E-state index contributed by atoms with van der Waals surface area (Å²) < 4.78 is 54.6. The Morgan fingerprint density at radius 1 is 1.07 bits per heavy atom. The first-order chi connectivity index (χ1) is 19.8. The highest BCUT2D eigenvalue weighted by Gasteiger charge is 2.37. The Labute approximate surface area is 237 Å². The van der Waals surface area contributed by atoms with Crippen LogP contribution in [0.15, 0.2) is 54.9 Å². The predicted octanol–water partition coefficient (Wildman–Crippen LogP) is 4.10. The van der Waals surface area contributed by atoms with Gasteiger partial charge < -0.3 is 30.4 Å². The number of aromatic nitrogens is 4. The number of nitrogens with one attached hydrogen (secondary N) is 2. The third-order valence-corrected chi connectivity index (χ3v) is 7.24. The first kappa shape index (κ1) is 29.2. The van der Waals surface area contributed by atoms with Crippen molar-refractivity contribution in [2.45, 2.75) is 25.4 Å². The Bertz CT molecular complexity index is 1690. The molecule has 2 aromatic heterocycles. The second kappa shape index (κ2) is 11.2. The SMILES string of the molecule is CN1Cc2c(-c3ccn(CCO)n3)ccc(Nc3nc(Nc4ccc(CP(=O)(O)O)cc4)ncc3C(F)(F)F)c2C1=O. The van der Waals surface area contributed by atoms with Crippen LogP contribution in [0.3, 0.4) is 0 Å². The van der Waals surface area contributed by atoms with E-state index in [0.29, 0.717) is 34.3 Å². The fourth-order valence-corrected chi connectivity index (χ4v) is 5.25. The van der Waals surface area contributed by atoms with E-state index in [2.05, 4.69) is 25.7 Å². The van der Waals surface area contributed by atoms with Crippen molar-refractivity contribution < 1.29 is 37.4 Å². The number of halogens is 3. The Morgan fingerprint density at radius 2 is 1.81 bits per heavy atom. The molecule has 5 N–H and O–H groups in total. The number of aliphatic hydroxyl groups excluding tert-OH is 1. The lowest BCUT2D eigenvalue weighted by molar-refractivity contribution is -0.137. The number of hydrogen-bond acceptors (Lipinski definition) is 8.